The van der Waals surface area contributed by atoms with Crippen molar-refractivity contribution in [1.29, 1.82) is 0 Å². The fraction of sp³-hybridized carbons (Fsp3) is 0.613. The molecule has 0 saturated carbocycles. The van der Waals surface area contributed by atoms with Crippen LogP contribution in [0.25, 0.3) is 0 Å². The molecule has 1 atom stereocenters. The first-order valence-corrected chi connectivity index (χ1v) is 33.0. The molecular weight excluding hydrogens is 997 g/mol. The van der Waals surface area contributed by atoms with Gasteiger partial charge in [-0.1, -0.05) is 288 Å². The molecule has 0 aromatic heterocycles. The highest BCUT2D eigenvalue weighted by Crippen LogP contribution is 2.16. The third kappa shape index (κ3) is 65.7. The van der Waals surface area contributed by atoms with Crippen molar-refractivity contribution in [3.8, 4) is 0 Å². The molecule has 0 heterocycles. The number of allylic oxidation sites excluding steroid dienone is 26. The summed E-state index contributed by atoms with van der Waals surface area (Å²) in [5, 5.41) is 0. The average molecular weight is 1120 g/mol. The summed E-state index contributed by atoms with van der Waals surface area (Å²) < 4.78 is 16.9. The van der Waals surface area contributed by atoms with E-state index in [1.165, 1.54) is 89.9 Å². The van der Waals surface area contributed by atoms with Crippen LogP contribution in [0, 0.1) is 0 Å². The fourth-order valence-electron chi connectivity index (χ4n) is 8.66. The minimum atomic E-state index is -0.824. The third-order valence-corrected chi connectivity index (χ3v) is 13.5. The van der Waals surface area contributed by atoms with Crippen LogP contribution in [-0.4, -0.2) is 37.2 Å². The topological polar surface area (TPSA) is 78.9 Å². The van der Waals surface area contributed by atoms with Gasteiger partial charge in [-0.25, -0.2) is 0 Å². The van der Waals surface area contributed by atoms with Gasteiger partial charge >= 0.3 is 17.9 Å². The highest BCUT2D eigenvalue weighted by Gasteiger charge is 2.19. The van der Waals surface area contributed by atoms with Crippen LogP contribution in [0.1, 0.15) is 278 Å². The zero-order valence-electron chi connectivity index (χ0n) is 52.2. The standard InChI is InChI=1S/C75H120O6/c1-4-7-10-13-16-19-22-25-28-31-33-35-36-37-38-40-41-44-47-50-53-56-59-62-65-68-74(77)80-71-72(70-79-73(76)67-64-61-58-55-52-49-46-43-30-27-24-21-18-15-12-9-6-3)81-75(78)69-66-63-60-57-54-51-48-45-42-39-34-32-29-26-23-20-17-14-11-8-5-2/h7-8,10-11,16-17,19-20,25-26,28-29,33-35,37-39,41,44-45,48,50,53-54,57,72H,4-6,9,12-15,18,21-24,27,30-32,36,40,42-43,46-47,49,51-52,55-56,58-71H2,1-3H3/b10-7-,11-8-,19-16-,20-17-,28-25-,29-26-,35-33-,38-37-,39-34-,44-41-,48-45-,53-50-,57-54-. The van der Waals surface area contributed by atoms with Crippen molar-refractivity contribution in [1.82, 2.24) is 0 Å². The molecule has 0 aliphatic heterocycles. The lowest BCUT2D eigenvalue weighted by Gasteiger charge is -2.18. The highest BCUT2D eigenvalue weighted by atomic mass is 16.6. The molecule has 0 radical (unpaired) electrons. The fourth-order valence-corrected chi connectivity index (χ4v) is 8.66. The highest BCUT2D eigenvalue weighted by molar-refractivity contribution is 5.71. The molecule has 0 aliphatic carbocycles. The minimum Gasteiger partial charge on any atom is -0.462 e. The Morgan fingerprint density at radius 3 is 0.778 bits per heavy atom. The Bertz CT molecular complexity index is 1810. The molecule has 0 aromatic rings. The SMILES string of the molecule is CC/C=C\C/C=C\C/C=C\C/C=C\C/C=C\C/C=C\C/C=C\CCCCCC(=O)OCC(COC(=O)CCCCCCCCCCCCCCCCCCC)OC(=O)CCCC/C=C\C/C=C\C/C=C\C/C=C\C/C=C\C/C=C\CC. The lowest BCUT2D eigenvalue weighted by Crippen LogP contribution is -2.30. The van der Waals surface area contributed by atoms with E-state index in [0.717, 1.165) is 141 Å². The number of unbranched alkanes of at least 4 members (excludes halogenated alkanes) is 21. The third-order valence-electron chi connectivity index (χ3n) is 13.5. The molecule has 456 valence electrons. The summed E-state index contributed by atoms with van der Waals surface area (Å²) in [6, 6.07) is 0. The van der Waals surface area contributed by atoms with E-state index in [1.807, 2.05) is 0 Å². The summed E-state index contributed by atoms with van der Waals surface area (Å²) in [7, 11) is 0. The largest absolute Gasteiger partial charge is 0.462 e. The lowest BCUT2D eigenvalue weighted by molar-refractivity contribution is -0.167. The van der Waals surface area contributed by atoms with Crippen molar-refractivity contribution in [2.75, 3.05) is 13.2 Å². The van der Waals surface area contributed by atoms with E-state index in [0.29, 0.717) is 19.3 Å². The smallest absolute Gasteiger partial charge is 0.306 e. The van der Waals surface area contributed by atoms with E-state index in [4.69, 9.17) is 14.2 Å². The van der Waals surface area contributed by atoms with Gasteiger partial charge in [0.15, 0.2) is 6.10 Å². The van der Waals surface area contributed by atoms with Gasteiger partial charge in [-0.15, -0.1) is 0 Å². The molecule has 0 amide bonds. The Morgan fingerprint density at radius 1 is 0.259 bits per heavy atom. The van der Waals surface area contributed by atoms with Crippen LogP contribution in [0.15, 0.2) is 158 Å². The van der Waals surface area contributed by atoms with Crippen molar-refractivity contribution in [3.63, 3.8) is 0 Å². The van der Waals surface area contributed by atoms with Gasteiger partial charge in [-0.2, -0.15) is 0 Å². The van der Waals surface area contributed by atoms with Crippen LogP contribution >= 0.6 is 0 Å². The Balaban J connectivity index is 4.55. The maximum atomic E-state index is 12.9. The maximum absolute atomic E-state index is 12.9. The Morgan fingerprint density at radius 2 is 0.481 bits per heavy atom. The second-order valence-electron chi connectivity index (χ2n) is 21.3. The van der Waals surface area contributed by atoms with E-state index < -0.39 is 6.10 Å². The molecule has 6 nitrogen and oxygen atoms in total. The van der Waals surface area contributed by atoms with Crippen LogP contribution in [-0.2, 0) is 28.6 Å². The predicted octanol–water partition coefficient (Wildman–Crippen LogP) is 22.9. The molecule has 0 aliphatic rings. The number of carbonyl (C=O) groups is 3. The quantitative estimate of drug-likeness (QED) is 0.0261. The molecule has 0 bridgehead atoms. The second kappa shape index (κ2) is 67.5. The number of esters is 3. The summed E-state index contributed by atoms with van der Waals surface area (Å²) in [6.45, 7) is 6.36. The summed E-state index contributed by atoms with van der Waals surface area (Å²) in [4.78, 5) is 38.4. The van der Waals surface area contributed by atoms with Crippen molar-refractivity contribution in [3.05, 3.63) is 158 Å². The Labute approximate surface area is 499 Å². The van der Waals surface area contributed by atoms with Gasteiger partial charge in [-0.3, -0.25) is 14.4 Å². The maximum Gasteiger partial charge on any atom is 0.306 e. The zero-order valence-corrected chi connectivity index (χ0v) is 52.2. The van der Waals surface area contributed by atoms with Gasteiger partial charge in [0, 0.05) is 19.3 Å². The summed E-state index contributed by atoms with van der Waals surface area (Å²) in [5.41, 5.74) is 0. The minimum absolute atomic E-state index is 0.111. The first-order chi connectivity index (χ1) is 40.0. The van der Waals surface area contributed by atoms with Crippen LogP contribution in [0.2, 0.25) is 0 Å². The van der Waals surface area contributed by atoms with Gasteiger partial charge in [0.25, 0.3) is 0 Å². The van der Waals surface area contributed by atoms with E-state index in [2.05, 4.69) is 179 Å². The number of hydrogen-bond acceptors (Lipinski definition) is 6. The van der Waals surface area contributed by atoms with Crippen LogP contribution in [0.5, 0.6) is 0 Å². The first kappa shape index (κ1) is 76.0. The van der Waals surface area contributed by atoms with E-state index in [1.54, 1.807) is 0 Å². The van der Waals surface area contributed by atoms with Gasteiger partial charge in [-0.05, 0) is 128 Å². The summed E-state index contributed by atoms with van der Waals surface area (Å²) in [6.07, 6.45) is 98.2. The first-order valence-electron chi connectivity index (χ1n) is 33.0. The summed E-state index contributed by atoms with van der Waals surface area (Å²) in [5.74, 6) is -0.988. The number of rotatable bonds is 58. The number of ether oxygens (including phenoxy) is 3. The van der Waals surface area contributed by atoms with Gasteiger partial charge in [0.05, 0.1) is 0 Å². The van der Waals surface area contributed by atoms with Gasteiger partial charge in [0.2, 0.25) is 0 Å². The number of hydrogen-bond donors (Lipinski definition) is 0. The van der Waals surface area contributed by atoms with E-state index >= 15 is 0 Å². The molecule has 0 fully saturated rings. The average Bonchev–Trinajstić information content (AvgIpc) is 3.47. The second-order valence-corrected chi connectivity index (χ2v) is 21.3. The summed E-state index contributed by atoms with van der Waals surface area (Å²) >= 11 is 0. The molecule has 6 heteroatoms. The van der Waals surface area contributed by atoms with Crippen molar-refractivity contribution >= 4 is 17.9 Å². The zero-order chi connectivity index (χ0) is 58.5. The van der Waals surface area contributed by atoms with Crippen molar-refractivity contribution in [2.45, 2.75) is 284 Å². The van der Waals surface area contributed by atoms with Crippen molar-refractivity contribution < 1.29 is 28.6 Å². The van der Waals surface area contributed by atoms with Gasteiger partial charge < -0.3 is 14.2 Å². The molecular formula is C75H120O6. The molecule has 0 saturated heterocycles. The molecule has 0 spiro atoms. The normalized spacial score (nSPS) is 13.2. The molecule has 0 aromatic carbocycles. The predicted molar refractivity (Wildman–Crippen MR) is 352 cm³/mol. The molecule has 81 heavy (non-hydrogen) atoms. The Kier molecular flexibility index (Phi) is 63.4. The lowest BCUT2D eigenvalue weighted by atomic mass is 10.0. The monoisotopic (exact) mass is 1120 g/mol. The van der Waals surface area contributed by atoms with Crippen LogP contribution in [0.3, 0.4) is 0 Å². The Hall–Kier alpha value is -4.97. The van der Waals surface area contributed by atoms with Crippen LogP contribution in [0.4, 0.5) is 0 Å². The molecule has 1 unspecified atom stereocenters. The number of carbonyl (C=O) groups excluding carboxylic acids is 3. The van der Waals surface area contributed by atoms with Crippen LogP contribution < -0.4 is 0 Å². The van der Waals surface area contributed by atoms with E-state index in [9.17, 15) is 14.4 Å². The van der Waals surface area contributed by atoms with Gasteiger partial charge in [0.1, 0.15) is 13.2 Å². The van der Waals surface area contributed by atoms with E-state index in [-0.39, 0.29) is 37.5 Å². The molecule has 0 N–H and O–H groups in total. The molecule has 0 rings (SSSR count). The van der Waals surface area contributed by atoms with Crippen molar-refractivity contribution in [2.24, 2.45) is 0 Å².